The highest BCUT2D eigenvalue weighted by Gasteiger charge is 2.31. The van der Waals surface area contributed by atoms with Crippen LogP contribution in [0.25, 0.3) is 11.0 Å². The highest BCUT2D eigenvalue weighted by atomic mass is 16.3. The van der Waals surface area contributed by atoms with Crippen molar-refractivity contribution in [3.8, 4) is 0 Å². The molecule has 0 spiro atoms. The van der Waals surface area contributed by atoms with Crippen molar-refractivity contribution in [3.05, 3.63) is 23.7 Å². The number of furan rings is 1. The van der Waals surface area contributed by atoms with E-state index < -0.39 is 0 Å². The van der Waals surface area contributed by atoms with E-state index in [1.165, 1.54) is 5.56 Å². The van der Waals surface area contributed by atoms with Gasteiger partial charge in [-0.25, -0.2) is 0 Å². The summed E-state index contributed by atoms with van der Waals surface area (Å²) >= 11 is 0. The van der Waals surface area contributed by atoms with Crippen LogP contribution >= 0.6 is 0 Å². The Balaban J connectivity index is 2.84. The second-order valence-corrected chi connectivity index (χ2v) is 6.57. The zero-order valence-electron chi connectivity index (χ0n) is 11.5. The standard InChI is InChI=1S/C14H20N2O/c1-13(2,3)11-9-7-15-16-8-10(9)17-12(11)14(4,5)6/h7-8H,1-6H3. The van der Waals surface area contributed by atoms with Crippen LogP contribution in [0.4, 0.5) is 0 Å². The van der Waals surface area contributed by atoms with Crippen LogP contribution in [0.5, 0.6) is 0 Å². The van der Waals surface area contributed by atoms with Crippen LogP contribution in [0.15, 0.2) is 16.8 Å². The Kier molecular flexibility index (Phi) is 2.53. The van der Waals surface area contributed by atoms with Crippen molar-refractivity contribution in [1.29, 1.82) is 0 Å². The number of hydrogen-bond acceptors (Lipinski definition) is 3. The third-order valence-corrected chi connectivity index (χ3v) is 2.83. The summed E-state index contributed by atoms with van der Waals surface area (Å²) in [5.41, 5.74) is 2.10. The van der Waals surface area contributed by atoms with Crippen LogP contribution in [-0.2, 0) is 10.8 Å². The van der Waals surface area contributed by atoms with E-state index in [4.69, 9.17) is 4.42 Å². The molecule has 2 heterocycles. The van der Waals surface area contributed by atoms with Crippen molar-refractivity contribution in [1.82, 2.24) is 10.2 Å². The van der Waals surface area contributed by atoms with Crippen molar-refractivity contribution in [2.75, 3.05) is 0 Å². The van der Waals surface area contributed by atoms with Crippen LogP contribution in [0.3, 0.4) is 0 Å². The number of rotatable bonds is 0. The van der Waals surface area contributed by atoms with E-state index >= 15 is 0 Å². The lowest BCUT2D eigenvalue weighted by atomic mass is 9.79. The van der Waals surface area contributed by atoms with Gasteiger partial charge in [0, 0.05) is 16.4 Å². The minimum absolute atomic E-state index is 0.0123. The Morgan fingerprint density at radius 2 is 1.47 bits per heavy atom. The van der Waals surface area contributed by atoms with E-state index in [0.717, 1.165) is 16.7 Å². The Hall–Kier alpha value is -1.38. The number of fused-ring (bicyclic) bond motifs is 1. The summed E-state index contributed by atoms with van der Waals surface area (Å²) in [6.45, 7) is 13.1. The topological polar surface area (TPSA) is 38.9 Å². The first-order valence-corrected chi connectivity index (χ1v) is 5.95. The molecule has 17 heavy (non-hydrogen) atoms. The van der Waals surface area contributed by atoms with Gasteiger partial charge in [-0.05, 0) is 5.41 Å². The molecule has 0 saturated heterocycles. The predicted molar refractivity (Wildman–Crippen MR) is 69.2 cm³/mol. The molecular weight excluding hydrogens is 212 g/mol. The van der Waals surface area contributed by atoms with Crippen LogP contribution in [-0.4, -0.2) is 10.2 Å². The predicted octanol–water partition coefficient (Wildman–Crippen LogP) is 3.82. The zero-order chi connectivity index (χ0) is 12.8. The molecule has 3 heteroatoms. The zero-order valence-corrected chi connectivity index (χ0v) is 11.5. The number of hydrogen-bond donors (Lipinski definition) is 0. The van der Waals surface area contributed by atoms with E-state index in [1.54, 1.807) is 12.4 Å². The Morgan fingerprint density at radius 3 is 2.00 bits per heavy atom. The molecule has 2 aromatic rings. The van der Waals surface area contributed by atoms with Crippen molar-refractivity contribution >= 4 is 11.0 Å². The minimum Gasteiger partial charge on any atom is -0.458 e. The molecule has 0 saturated carbocycles. The van der Waals surface area contributed by atoms with Gasteiger partial charge in [-0.1, -0.05) is 41.5 Å². The molecule has 0 radical (unpaired) electrons. The summed E-state index contributed by atoms with van der Waals surface area (Å²) < 4.78 is 5.99. The summed E-state index contributed by atoms with van der Waals surface area (Å²) in [6.07, 6.45) is 3.49. The van der Waals surface area contributed by atoms with Gasteiger partial charge in [0.25, 0.3) is 0 Å². The van der Waals surface area contributed by atoms with E-state index in [-0.39, 0.29) is 10.8 Å². The third kappa shape index (κ3) is 2.06. The lowest BCUT2D eigenvalue weighted by molar-refractivity contribution is 0.409. The fourth-order valence-corrected chi connectivity index (χ4v) is 2.14. The Bertz CT molecular complexity index is 541. The molecule has 0 N–H and O–H groups in total. The second-order valence-electron chi connectivity index (χ2n) is 6.57. The van der Waals surface area contributed by atoms with Gasteiger partial charge in [0.15, 0.2) is 5.58 Å². The Morgan fingerprint density at radius 1 is 0.882 bits per heavy atom. The van der Waals surface area contributed by atoms with E-state index in [1.807, 2.05) is 0 Å². The smallest absolute Gasteiger partial charge is 0.156 e. The van der Waals surface area contributed by atoms with Gasteiger partial charge in [-0.3, -0.25) is 0 Å². The molecular formula is C14H20N2O. The molecule has 92 valence electrons. The maximum absolute atomic E-state index is 5.99. The van der Waals surface area contributed by atoms with Crippen LogP contribution in [0, 0.1) is 0 Å². The largest absolute Gasteiger partial charge is 0.458 e. The summed E-state index contributed by atoms with van der Waals surface area (Å²) in [5, 5.41) is 8.94. The molecule has 0 amide bonds. The minimum atomic E-state index is -0.0123. The monoisotopic (exact) mass is 232 g/mol. The highest BCUT2D eigenvalue weighted by molar-refractivity contribution is 5.82. The summed E-state index contributed by atoms with van der Waals surface area (Å²) in [5.74, 6) is 1.04. The van der Waals surface area contributed by atoms with Gasteiger partial charge in [0.2, 0.25) is 0 Å². The van der Waals surface area contributed by atoms with Gasteiger partial charge in [0.1, 0.15) is 5.76 Å². The van der Waals surface area contributed by atoms with Gasteiger partial charge in [-0.2, -0.15) is 10.2 Å². The molecule has 0 aliphatic heterocycles. The second kappa shape index (κ2) is 3.56. The average Bonchev–Trinajstić information content (AvgIpc) is 2.54. The van der Waals surface area contributed by atoms with Crippen molar-refractivity contribution in [2.45, 2.75) is 52.4 Å². The molecule has 2 aromatic heterocycles. The lowest BCUT2D eigenvalue weighted by Crippen LogP contribution is -2.20. The van der Waals surface area contributed by atoms with E-state index in [2.05, 4.69) is 51.7 Å². The number of nitrogens with zero attached hydrogens (tertiary/aromatic N) is 2. The van der Waals surface area contributed by atoms with Crippen LogP contribution < -0.4 is 0 Å². The molecule has 3 nitrogen and oxygen atoms in total. The summed E-state index contributed by atoms with van der Waals surface area (Å²) in [7, 11) is 0. The molecule has 0 bridgehead atoms. The normalized spacial score (nSPS) is 13.3. The SMILES string of the molecule is CC(C)(C)c1oc2cnncc2c1C(C)(C)C. The molecule has 0 aromatic carbocycles. The summed E-state index contributed by atoms with van der Waals surface area (Å²) in [6, 6.07) is 0. The fourth-order valence-electron chi connectivity index (χ4n) is 2.14. The average molecular weight is 232 g/mol. The molecule has 0 unspecified atom stereocenters. The first kappa shape index (κ1) is 12.1. The highest BCUT2D eigenvalue weighted by Crippen LogP contribution is 2.40. The number of aromatic nitrogens is 2. The van der Waals surface area contributed by atoms with Crippen LogP contribution in [0.1, 0.15) is 52.9 Å². The quantitative estimate of drug-likeness (QED) is 0.693. The molecule has 0 atom stereocenters. The molecule has 2 rings (SSSR count). The van der Waals surface area contributed by atoms with Gasteiger partial charge in [0.05, 0.1) is 12.4 Å². The van der Waals surface area contributed by atoms with E-state index in [0.29, 0.717) is 0 Å². The molecule has 0 fully saturated rings. The van der Waals surface area contributed by atoms with Gasteiger partial charge < -0.3 is 4.42 Å². The maximum Gasteiger partial charge on any atom is 0.156 e. The maximum atomic E-state index is 5.99. The third-order valence-electron chi connectivity index (χ3n) is 2.83. The van der Waals surface area contributed by atoms with E-state index in [9.17, 15) is 0 Å². The summed E-state index contributed by atoms with van der Waals surface area (Å²) in [4.78, 5) is 0. The first-order chi connectivity index (χ1) is 7.71. The first-order valence-electron chi connectivity index (χ1n) is 5.95. The molecule has 0 aliphatic rings. The Labute approximate surface area is 102 Å². The van der Waals surface area contributed by atoms with Crippen molar-refractivity contribution < 1.29 is 4.42 Å². The van der Waals surface area contributed by atoms with Gasteiger partial charge in [-0.15, -0.1) is 0 Å². The molecule has 0 aliphatic carbocycles. The fraction of sp³-hybridized carbons (Fsp3) is 0.571. The van der Waals surface area contributed by atoms with Crippen molar-refractivity contribution in [2.24, 2.45) is 0 Å². The van der Waals surface area contributed by atoms with Crippen molar-refractivity contribution in [3.63, 3.8) is 0 Å². The van der Waals surface area contributed by atoms with Gasteiger partial charge >= 0.3 is 0 Å². The van der Waals surface area contributed by atoms with Crippen LogP contribution in [0.2, 0.25) is 0 Å². The lowest BCUT2D eigenvalue weighted by Gasteiger charge is -2.25.